The van der Waals surface area contributed by atoms with Crippen LogP contribution in [0.15, 0.2) is 57.9 Å². The molecule has 0 fully saturated rings. The number of hydrogen-bond donors (Lipinski definition) is 1. The number of rotatable bonds is 1. The summed E-state index contributed by atoms with van der Waals surface area (Å²) in [4.78, 5) is 14.6. The molecule has 0 aliphatic carbocycles. The minimum Gasteiger partial charge on any atom is -0.463 e. The van der Waals surface area contributed by atoms with Crippen molar-refractivity contribution >= 4 is 11.1 Å². The van der Waals surface area contributed by atoms with E-state index in [-0.39, 0.29) is 5.56 Å². The molecule has 78 valence electrons. The Bertz CT molecular complexity index is 680. The smallest absolute Gasteiger partial charge is 0.256 e. The first kappa shape index (κ1) is 8.97. The Labute approximate surface area is 91.3 Å². The first-order valence-corrected chi connectivity index (χ1v) is 5.00. The van der Waals surface area contributed by atoms with Gasteiger partial charge in [-0.3, -0.25) is 4.79 Å². The summed E-state index contributed by atoms with van der Waals surface area (Å²) in [5.41, 5.74) is 2.84. The second-order valence-corrected chi connectivity index (χ2v) is 3.58. The maximum atomic E-state index is 11.8. The van der Waals surface area contributed by atoms with Crippen molar-refractivity contribution in [1.29, 1.82) is 0 Å². The van der Waals surface area contributed by atoms with Crippen LogP contribution in [0.2, 0.25) is 0 Å². The molecule has 1 aromatic carbocycles. The highest BCUT2D eigenvalue weighted by Crippen LogP contribution is 2.19. The van der Waals surface area contributed by atoms with Crippen molar-refractivity contribution in [2.24, 2.45) is 0 Å². The van der Waals surface area contributed by atoms with Gasteiger partial charge in [0.25, 0.3) is 5.56 Å². The molecular weight excluding hydrogens is 202 g/mol. The molecule has 0 atom stereocenters. The van der Waals surface area contributed by atoms with E-state index in [1.54, 1.807) is 18.4 Å². The van der Waals surface area contributed by atoms with Crippen molar-refractivity contribution in [2.75, 3.05) is 0 Å². The summed E-state index contributed by atoms with van der Waals surface area (Å²) in [5, 5.41) is 0. The Balaban J connectivity index is 2.31. The standard InChI is InChI=1S/C13H9NO2/c15-13-10(9-4-2-1-3-5-9)8-12-11(14-13)6-7-16-12/h1-8H,(H,14,15). The van der Waals surface area contributed by atoms with Gasteiger partial charge in [0, 0.05) is 6.07 Å². The summed E-state index contributed by atoms with van der Waals surface area (Å²) in [6, 6.07) is 13.0. The fourth-order valence-corrected chi connectivity index (χ4v) is 1.75. The van der Waals surface area contributed by atoms with Crippen molar-refractivity contribution in [3.8, 4) is 11.1 Å². The zero-order valence-corrected chi connectivity index (χ0v) is 8.44. The summed E-state index contributed by atoms with van der Waals surface area (Å²) in [6.07, 6.45) is 1.56. The van der Waals surface area contributed by atoms with Gasteiger partial charge in [-0.2, -0.15) is 0 Å². The van der Waals surface area contributed by atoms with E-state index in [0.717, 1.165) is 11.1 Å². The number of pyridine rings is 1. The zero-order valence-electron chi connectivity index (χ0n) is 8.44. The zero-order chi connectivity index (χ0) is 11.0. The number of hydrogen-bond acceptors (Lipinski definition) is 2. The Morgan fingerprint density at radius 3 is 2.69 bits per heavy atom. The fourth-order valence-electron chi connectivity index (χ4n) is 1.75. The SMILES string of the molecule is O=c1[nH]c2ccoc2cc1-c1ccccc1. The highest BCUT2D eigenvalue weighted by molar-refractivity contribution is 5.78. The quantitative estimate of drug-likeness (QED) is 0.672. The minimum atomic E-state index is -0.0971. The molecular formula is C13H9NO2. The lowest BCUT2D eigenvalue weighted by molar-refractivity contribution is 0.615. The Kier molecular flexibility index (Phi) is 1.90. The lowest BCUT2D eigenvalue weighted by Crippen LogP contribution is -2.07. The molecule has 2 aromatic heterocycles. The molecule has 1 N–H and O–H groups in total. The lowest BCUT2D eigenvalue weighted by atomic mass is 10.1. The van der Waals surface area contributed by atoms with Crippen molar-refractivity contribution in [3.63, 3.8) is 0 Å². The van der Waals surface area contributed by atoms with Crippen LogP contribution in [-0.4, -0.2) is 4.98 Å². The number of H-pyrrole nitrogens is 1. The fraction of sp³-hybridized carbons (Fsp3) is 0. The largest absolute Gasteiger partial charge is 0.463 e. The Morgan fingerprint density at radius 2 is 1.88 bits per heavy atom. The van der Waals surface area contributed by atoms with Gasteiger partial charge >= 0.3 is 0 Å². The summed E-state index contributed by atoms with van der Waals surface area (Å²) < 4.78 is 5.26. The Morgan fingerprint density at radius 1 is 1.06 bits per heavy atom. The first-order valence-electron chi connectivity index (χ1n) is 5.00. The van der Waals surface area contributed by atoms with E-state index in [2.05, 4.69) is 4.98 Å². The maximum Gasteiger partial charge on any atom is 0.256 e. The van der Waals surface area contributed by atoms with E-state index < -0.39 is 0 Å². The van der Waals surface area contributed by atoms with Gasteiger partial charge < -0.3 is 9.40 Å². The van der Waals surface area contributed by atoms with Gasteiger partial charge in [0.1, 0.15) is 0 Å². The van der Waals surface area contributed by atoms with Gasteiger partial charge in [-0.25, -0.2) is 0 Å². The molecule has 0 saturated carbocycles. The van der Waals surface area contributed by atoms with Gasteiger partial charge in [-0.15, -0.1) is 0 Å². The Hall–Kier alpha value is -2.29. The van der Waals surface area contributed by atoms with Crippen LogP contribution in [0.1, 0.15) is 0 Å². The third-order valence-electron chi connectivity index (χ3n) is 2.55. The van der Waals surface area contributed by atoms with E-state index in [1.807, 2.05) is 30.3 Å². The summed E-state index contributed by atoms with van der Waals surface area (Å²) in [6.45, 7) is 0. The van der Waals surface area contributed by atoms with Gasteiger partial charge in [0.2, 0.25) is 0 Å². The van der Waals surface area contributed by atoms with Crippen LogP contribution in [-0.2, 0) is 0 Å². The van der Waals surface area contributed by atoms with E-state index >= 15 is 0 Å². The summed E-state index contributed by atoms with van der Waals surface area (Å²) in [5.74, 6) is 0. The summed E-state index contributed by atoms with van der Waals surface area (Å²) in [7, 11) is 0. The third-order valence-corrected chi connectivity index (χ3v) is 2.55. The lowest BCUT2D eigenvalue weighted by Gasteiger charge is -1.99. The average molecular weight is 211 g/mol. The van der Waals surface area contributed by atoms with Crippen LogP contribution in [0, 0.1) is 0 Å². The second kappa shape index (κ2) is 3.38. The van der Waals surface area contributed by atoms with E-state index in [0.29, 0.717) is 11.1 Å². The predicted molar refractivity (Wildman–Crippen MR) is 62.3 cm³/mol. The van der Waals surface area contributed by atoms with Crippen LogP contribution in [0.25, 0.3) is 22.2 Å². The van der Waals surface area contributed by atoms with Gasteiger partial charge in [0.05, 0.1) is 17.3 Å². The first-order chi connectivity index (χ1) is 7.84. The normalized spacial score (nSPS) is 10.8. The molecule has 3 rings (SSSR count). The highest BCUT2D eigenvalue weighted by Gasteiger charge is 2.06. The number of benzene rings is 1. The van der Waals surface area contributed by atoms with Crippen molar-refractivity contribution in [3.05, 3.63) is 59.1 Å². The average Bonchev–Trinajstić information content (AvgIpc) is 2.76. The predicted octanol–water partition coefficient (Wildman–Crippen LogP) is 2.79. The molecule has 0 bridgehead atoms. The maximum absolute atomic E-state index is 11.8. The molecule has 0 aliphatic heterocycles. The molecule has 0 radical (unpaired) electrons. The van der Waals surface area contributed by atoms with Crippen molar-refractivity contribution < 1.29 is 4.42 Å². The molecule has 0 unspecified atom stereocenters. The van der Waals surface area contributed by atoms with Gasteiger partial charge in [-0.1, -0.05) is 30.3 Å². The van der Waals surface area contributed by atoms with Crippen LogP contribution in [0.3, 0.4) is 0 Å². The number of aromatic nitrogens is 1. The molecule has 0 amide bonds. The minimum absolute atomic E-state index is 0.0971. The molecule has 16 heavy (non-hydrogen) atoms. The number of furan rings is 1. The van der Waals surface area contributed by atoms with E-state index in [1.165, 1.54) is 0 Å². The third kappa shape index (κ3) is 1.34. The summed E-state index contributed by atoms with van der Waals surface area (Å²) >= 11 is 0. The molecule has 3 aromatic rings. The molecule has 3 nitrogen and oxygen atoms in total. The van der Waals surface area contributed by atoms with E-state index in [4.69, 9.17) is 4.42 Å². The molecule has 0 spiro atoms. The highest BCUT2D eigenvalue weighted by atomic mass is 16.3. The molecule has 0 saturated heterocycles. The van der Waals surface area contributed by atoms with E-state index in [9.17, 15) is 4.79 Å². The van der Waals surface area contributed by atoms with Crippen LogP contribution >= 0.6 is 0 Å². The van der Waals surface area contributed by atoms with Gasteiger partial charge in [-0.05, 0) is 11.6 Å². The topological polar surface area (TPSA) is 46.0 Å². The number of aromatic amines is 1. The van der Waals surface area contributed by atoms with Crippen molar-refractivity contribution in [1.82, 2.24) is 4.98 Å². The molecule has 2 heterocycles. The second-order valence-electron chi connectivity index (χ2n) is 3.58. The van der Waals surface area contributed by atoms with Crippen LogP contribution in [0.4, 0.5) is 0 Å². The van der Waals surface area contributed by atoms with Gasteiger partial charge in [0.15, 0.2) is 5.58 Å². The number of nitrogens with one attached hydrogen (secondary N) is 1. The molecule has 0 aliphatic rings. The molecule has 3 heteroatoms. The van der Waals surface area contributed by atoms with Crippen LogP contribution in [0.5, 0.6) is 0 Å². The monoisotopic (exact) mass is 211 g/mol. The van der Waals surface area contributed by atoms with Crippen molar-refractivity contribution in [2.45, 2.75) is 0 Å². The van der Waals surface area contributed by atoms with Crippen LogP contribution < -0.4 is 5.56 Å². The number of fused-ring (bicyclic) bond motifs is 1.